The van der Waals surface area contributed by atoms with Crippen molar-refractivity contribution in [1.29, 1.82) is 0 Å². The van der Waals surface area contributed by atoms with E-state index < -0.39 is 0 Å². The third-order valence-corrected chi connectivity index (χ3v) is 4.23. The monoisotopic (exact) mass is 324 g/mol. The van der Waals surface area contributed by atoms with E-state index in [4.69, 9.17) is 4.74 Å². The van der Waals surface area contributed by atoms with Crippen molar-refractivity contribution in [2.45, 2.75) is 32.8 Å². The molecule has 2 amide bonds. The number of carbonyl (C=O) groups excluding carboxylic acids is 2. The zero-order chi connectivity index (χ0) is 17.3. The Labute approximate surface area is 141 Å². The molecule has 2 atom stereocenters. The SMILES string of the molecule is CC(=O)Nc1cccc(NC(=O)c2cccc3c2O[C@@H](C)[C@H]3C)c1. The molecule has 3 rings (SSSR count). The molecule has 124 valence electrons. The Kier molecular flexibility index (Phi) is 4.25. The van der Waals surface area contributed by atoms with Gasteiger partial charge in [-0.3, -0.25) is 9.59 Å². The van der Waals surface area contributed by atoms with Crippen molar-refractivity contribution in [3.05, 3.63) is 53.6 Å². The van der Waals surface area contributed by atoms with Gasteiger partial charge in [0, 0.05) is 29.8 Å². The first-order valence-electron chi connectivity index (χ1n) is 7.94. The van der Waals surface area contributed by atoms with Crippen molar-refractivity contribution in [3.63, 3.8) is 0 Å². The van der Waals surface area contributed by atoms with Crippen LogP contribution >= 0.6 is 0 Å². The minimum absolute atomic E-state index is 0.0528. The van der Waals surface area contributed by atoms with E-state index in [-0.39, 0.29) is 23.8 Å². The molecule has 1 aliphatic heterocycles. The summed E-state index contributed by atoms with van der Waals surface area (Å²) in [4.78, 5) is 23.8. The maximum atomic E-state index is 12.6. The number of amides is 2. The van der Waals surface area contributed by atoms with Gasteiger partial charge >= 0.3 is 0 Å². The first-order chi connectivity index (χ1) is 11.5. The molecule has 2 aromatic carbocycles. The van der Waals surface area contributed by atoms with Gasteiger partial charge in [0.1, 0.15) is 11.9 Å². The Morgan fingerprint density at radius 1 is 1.00 bits per heavy atom. The fourth-order valence-electron chi connectivity index (χ4n) is 2.84. The highest BCUT2D eigenvalue weighted by molar-refractivity contribution is 6.07. The van der Waals surface area contributed by atoms with Gasteiger partial charge in [-0.25, -0.2) is 0 Å². The van der Waals surface area contributed by atoms with Gasteiger partial charge in [-0.05, 0) is 31.2 Å². The third-order valence-electron chi connectivity index (χ3n) is 4.23. The highest BCUT2D eigenvalue weighted by Gasteiger charge is 2.31. The fraction of sp³-hybridized carbons (Fsp3) is 0.263. The highest BCUT2D eigenvalue weighted by atomic mass is 16.5. The molecular weight excluding hydrogens is 304 g/mol. The summed E-state index contributed by atoms with van der Waals surface area (Å²) in [5.41, 5.74) is 2.83. The normalized spacial score (nSPS) is 18.5. The number of nitrogens with one attached hydrogen (secondary N) is 2. The number of hydrogen-bond acceptors (Lipinski definition) is 3. The van der Waals surface area contributed by atoms with Crippen molar-refractivity contribution in [1.82, 2.24) is 0 Å². The highest BCUT2D eigenvalue weighted by Crippen LogP contribution is 2.40. The van der Waals surface area contributed by atoms with Gasteiger partial charge in [0.25, 0.3) is 5.91 Å². The third kappa shape index (κ3) is 3.11. The average Bonchev–Trinajstić information content (AvgIpc) is 2.82. The Morgan fingerprint density at radius 2 is 1.67 bits per heavy atom. The van der Waals surface area contributed by atoms with Gasteiger partial charge in [-0.15, -0.1) is 0 Å². The van der Waals surface area contributed by atoms with E-state index in [1.54, 1.807) is 30.3 Å². The van der Waals surface area contributed by atoms with E-state index in [0.717, 1.165) is 5.56 Å². The van der Waals surface area contributed by atoms with E-state index in [1.807, 2.05) is 19.1 Å². The van der Waals surface area contributed by atoms with Crippen LogP contribution in [0.15, 0.2) is 42.5 Å². The lowest BCUT2D eigenvalue weighted by atomic mass is 9.97. The summed E-state index contributed by atoms with van der Waals surface area (Å²) in [5, 5.41) is 5.56. The standard InChI is InChI=1S/C19H20N2O3/c1-11-12(2)24-18-16(11)8-5-9-17(18)19(23)21-15-7-4-6-14(10-15)20-13(3)22/h4-12H,1-3H3,(H,20,22)(H,21,23)/t11-,12+/m1/s1. The predicted octanol–water partition coefficient (Wildman–Crippen LogP) is 3.78. The van der Waals surface area contributed by atoms with E-state index >= 15 is 0 Å². The summed E-state index contributed by atoms with van der Waals surface area (Å²) in [5.74, 6) is 0.535. The zero-order valence-corrected chi connectivity index (χ0v) is 13.9. The number of rotatable bonds is 3. The van der Waals surface area contributed by atoms with Crippen molar-refractivity contribution < 1.29 is 14.3 Å². The van der Waals surface area contributed by atoms with Crippen LogP contribution < -0.4 is 15.4 Å². The van der Waals surface area contributed by atoms with Crippen molar-refractivity contribution >= 4 is 23.2 Å². The molecule has 0 saturated heterocycles. The number of anilines is 2. The summed E-state index contributed by atoms with van der Waals surface area (Å²) in [6, 6.07) is 12.7. The lowest BCUT2D eigenvalue weighted by molar-refractivity contribution is -0.114. The van der Waals surface area contributed by atoms with Crippen LogP contribution in [-0.4, -0.2) is 17.9 Å². The number of ether oxygens (including phenoxy) is 1. The second kappa shape index (κ2) is 6.35. The minimum Gasteiger partial charge on any atom is -0.489 e. The van der Waals surface area contributed by atoms with Crippen LogP contribution in [-0.2, 0) is 4.79 Å². The molecule has 0 bridgehead atoms. The predicted molar refractivity (Wildman–Crippen MR) is 93.6 cm³/mol. The molecule has 1 heterocycles. The Bertz CT molecular complexity index is 801. The molecule has 5 nitrogen and oxygen atoms in total. The smallest absolute Gasteiger partial charge is 0.259 e. The Morgan fingerprint density at radius 3 is 2.38 bits per heavy atom. The molecule has 0 saturated carbocycles. The van der Waals surface area contributed by atoms with E-state index in [1.165, 1.54) is 6.92 Å². The quantitative estimate of drug-likeness (QED) is 0.903. The summed E-state index contributed by atoms with van der Waals surface area (Å²) in [7, 11) is 0. The number of para-hydroxylation sites is 1. The first kappa shape index (κ1) is 16.1. The first-order valence-corrected chi connectivity index (χ1v) is 7.94. The van der Waals surface area contributed by atoms with Crippen LogP contribution in [0.5, 0.6) is 5.75 Å². The number of benzene rings is 2. The van der Waals surface area contributed by atoms with Crippen molar-refractivity contribution in [2.24, 2.45) is 0 Å². The summed E-state index contributed by atoms with van der Waals surface area (Å²) >= 11 is 0. The molecule has 5 heteroatoms. The second-order valence-electron chi connectivity index (χ2n) is 6.05. The summed E-state index contributed by atoms with van der Waals surface area (Å²) in [6.45, 7) is 5.54. The number of carbonyl (C=O) groups is 2. The van der Waals surface area contributed by atoms with Crippen LogP contribution in [0.25, 0.3) is 0 Å². The lowest BCUT2D eigenvalue weighted by Gasteiger charge is -2.11. The maximum Gasteiger partial charge on any atom is 0.259 e. The molecule has 0 aliphatic carbocycles. The number of hydrogen-bond donors (Lipinski definition) is 2. The van der Waals surface area contributed by atoms with Gasteiger partial charge in [0.05, 0.1) is 5.56 Å². The number of fused-ring (bicyclic) bond motifs is 1. The largest absolute Gasteiger partial charge is 0.489 e. The van der Waals surface area contributed by atoms with Gasteiger partial charge in [0.2, 0.25) is 5.91 Å². The molecule has 0 aromatic heterocycles. The molecule has 0 unspecified atom stereocenters. The van der Waals surface area contributed by atoms with E-state index in [0.29, 0.717) is 22.7 Å². The zero-order valence-electron chi connectivity index (χ0n) is 13.9. The van der Waals surface area contributed by atoms with Crippen LogP contribution in [0.2, 0.25) is 0 Å². The molecule has 0 fully saturated rings. The van der Waals surface area contributed by atoms with Gasteiger partial charge in [-0.2, -0.15) is 0 Å². The van der Waals surface area contributed by atoms with Crippen molar-refractivity contribution in [2.75, 3.05) is 10.6 Å². The summed E-state index contributed by atoms with van der Waals surface area (Å²) < 4.78 is 5.87. The van der Waals surface area contributed by atoms with Gasteiger partial charge in [0.15, 0.2) is 0 Å². The fourth-order valence-corrected chi connectivity index (χ4v) is 2.84. The van der Waals surface area contributed by atoms with Crippen LogP contribution in [0.4, 0.5) is 11.4 Å². The molecule has 0 spiro atoms. The van der Waals surface area contributed by atoms with Gasteiger partial charge in [-0.1, -0.05) is 25.1 Å². The van der Waals surface area contributed by atoms with E-state index in [9.17, 15) is 9.59 Å². The lowest BCUT2D eigenvalue weighted by Crippen LogP contribution is -2.14. The van der Waals surface area contributed by atoms with Crippen LogP contribution in [0, 0.1) is 0 Å². The van der Waals surface area contributed by atoms with Crippen molar-refractivity contribution in [3.8, 4) is 5.75 Å². The van der Waals surface area contributed by atoms with E-state index in [2.05, 4.69) is 17.6 Å². The molecule has 1 aliphatic rings. The summed E-state index contributed by atoms with van der Waals surface area (Å²) in [6.07, 6.45) is 0.0528. The minimum atomic E-state index is -0.229. The Balaban J connectivity index is 1.83. The average molecular weight is 324 g/mol. The molecular formula is C19H20N2O3. The molecule has 2 aromatic rings. The van der Waals surface area contributed by atoms with Crippen LogP contribution in [0.1, 0.15) is 42.6 Å². The molecule has 24 heavy (non-hydrogen) atoms. The Hall–Kier alpha value is -2.82. The van der Waals surface area contributed by atoms with Gasteiger partial charge < -0.3 is 15.4 Å². The topological polar surface area (TPSA) is 67.4 Å². The maximum absolute atomic E-state index is 12.6. The van der Waals surface area contributed by atoms with Crippen LogP contribution in [0.3, 0.4) is 0 Å². The second-order valence-corrected chi connectivity index (χ2v) is 6.05. The molecule has 2 N–H and O–H groups in total. The molecule has 0 radical (unpaired) electrons.